The molecule has 0 saturated carbocycles. The third-order valence-corrected chi connectivity index (χ3v) is 3.64. The largest absolute Gasteiger partial charge is 0.497 e. The van der Waals surface area contributed by atoms with Gasteiger partial charge in [-0.3, -0.25) is 0 Å². The zero-order chi connectivity index (χ0) is 13.4. The van der Waals surface area contributed by atoms with Gasteiger partial charge < -0.3 is 15.0 Å². The molecule has 3 nitrogen and oxygen atoms in total. The predicted molar refractivity (Wildman–Crippen MR) is 76.5 cm³/mol. The van der Waals surface area contributed by atoms with E-state index in [1.54, 1.807) is 7.11 Å². The maximum absolute atomic E-state index is 5.34. The summed E-state index contributed by atoms with van der Waals surface area (Å²) in [6, 6.07) is 8.33. The van der Waals surface area contributed by atoms with Crippen LogP contribution in [0, 0.1) is 0 Å². The van der Waals surface area contributed by atoms with Crippen LogP contribution >= 0.6 is 0 Å². The molecular weight excluding hydrogens is 224 g/mol. The fourth-order valence-corrected chi connectivity index (χ4v) is 3.10. The lowest BCUT2D eigenvalue weighted by molar-refractivity contribution is 0.263. The standard InChI is InChI=1S/C15H24N2O/c1-14(2)10-16-11-15(3,4)17(14)12-7-6-8-13(9-12)18-5/h6-9,16H,10-11H2,1-5H3. The molecule has 0 aromatic heterocycles. The van der Waals surface area contributed by atoms with Gasteiger partial charge in [-0.1, -0.05) is 6.07 Å². The highest BCUT2D eigenvalue weighted by atomic mass is 16.5. The van der Waals surface area contributed by atoms with E-state index in [1.165, 1.54) is 5.69 Å². The van der Waals surface area contributed by atoms with Gasteiger partial charge in [0.15, 0.2) is 0 Å². The molecule has 1 heterocycles. The molecule has 100 valence electrons. The van der Waals surface area contributed by atoms with Crippen molar-refractivity contribution in [2.45, 2.75) is 38.8 Å². The van der Waals surface area contributed by atoms with Crippen LogP contribution in [-0.4, -0.2) is 31.3 Å². The Bertz CT molecular complexity index is 410. The number of ether oxygens (including phenoxy) is 1. The number of hydrogen-bond donors (Lipinski definition) is 1. The van der Waals surface area contributed by atoms with Crippen LogP contribution in [0.4, 0.5) is 5.69 Å². The van der Waals surface area contributed by atoms with E-state index in [0.29, 0.717) is 0 Å². The molecule has 1 aromatic carbocycles. The summed E-state index contributed by atoms with van der Waals surface area (Å²) in [5, 5.41) is 3.52. The van der Waals surface area contributed by atoms with Crippen molar-refractivity contribution in [2.75, 3.05) is 25.1 Å². The Labute approximate surface area is 110 Å². The van der Waals surface area contributed by atoms with Crippen LogP contribution in [0.5, 0.6) is 5.75 Å². The summed E-state index contributed by atoms with van der Waals surface area (Å²) in [6.45, 7) is 11.1. The minimum absolute atomic E-state index is 0.0914. The fourth-order valence-electron chi connectivity index (χ4n) is 3.10. The van der Waals surface area contributed by atoms with Gasteiger partial charge in [0, 0.05) is 35.9 Å². The van der Waals surface area contributed by atoms with Gasteiger partial charge >= 0.3 is 0 Å². The van der Waals surface area contributed by atoms with Crippen LogP contribution in [0.25, 0.3) is 0 Å². The Hall–Kier alpha value is -1.22. The van der Waals surface area contributed by atoms with E-state index in [-0.39, 0.29) is 11.1 Å². The van der Waals surface area contributed by atoms with Crippen molar-refractivity contribution in [3.8, 4) is 5.75 Å². The molecule has 0 unspecified atom stereocenters. The second kappa shape index (κ2) is 4.47. The van der Waals surface area contributed by atoms with Crippen LogP contribution in [0.15, 0.2) is 24.3 Å². The summed E-state index contributed by atoms with van der Waals surface area (Å²) in [4.78, 5) is 2.50. The number of benzene rings is 1. The summed E-state index contributed by atoms with van der Waals surface area (Å²) < 4.78 is 5.34. The van der Waals surface area contributed by atoms with Gasteiger partial charge in [-0.15, -0.1) is 0 Å². The summed E-state index contributed by atoms with van der Waals surface area (Å²) in [5.74, 6) is 0.914. The lowest BCUT2D eigenvalue weighted by Gasteiger charge is -2.54. The molecule has 0 aliphatic carbocycles. The molecule has 0 radical (unpaired) electrons. The molecule has 1 aromatic rings. The maximum Gasteiger partial charge on any atom is 0.120 e. The third-order valence-electron chi connectivity index (χ3n) is 3.64. The van der Waals surface area contributed by atoms with Gasteiger partial charge in [-0.25, -0.2) is 0 Å². The van der Waals surface area contributed by atoms with Crippen molar-refractivity contribution in [3.05, 3.63) is 24.3 Å². The van der Waals surface area contributed by atoms with Crippen molar-refractivity contribution in [1.82, 2.24) is 5.32 Å². The van der Waals surface area contributed by atoms with Crippen LogP contribution in [-0.2, 0) is 0 Å². The Kier molecular flexibility index (Phi) is 3.28. The molecule has 3 heteroatoms. The van der Waals surface area contributed by atoms with Gasteiger partial charge in [0.2, 0.25) is 0 Å². The SMILES string of the molecule is COc1cccc(N2C(C)(C)CNCC2(C)C)c1. The second-order valence-electron chi connectivity index (χ2n) is 6.27. The molecule has 1 aliphatic rings. The van der Waals surface area contributed by atoms with E-state index in [4.69, 9.17) is 4.74 Å². The summed E-state index contributed by atoms with van der Waals surface area (Å²) in [5.41, 5.74) is 1.41. The lowest BCUT2D eigenvalue weighted by Crippen LogP contribution is -2.68. The third kappa shape index (κ3) is 2.32. The Morgan fingerprint density at radius 2 is 1.72 bits per heavy atom. The molecule has 1 fully saturated rings. The smallest absolute Gasteiger partial charge is 0.120 e. The minimum Gasteiger partial charge on any atom is -0.497 e. The number of anilines is 1. The summed E-state index contributed by atoms with van der Waals surface area (Å²) in [7, 11) is 1.72. The fraction of sp³-hybridized carbons (Fsp3) is 0.600. The highest BCUT2D eigenvalue weighted by Gasteiger charge is 2.41. The van der Waals surface area contributed by atoms with Crippen LogP contribution in [0.1, 0.15) is 27.7 Å². The molecular formula is C15H24N2O. The minimum atomic E-state index is 0.0914. The molecule has 1 N–H and O–H groups in total. The topological polar surface area (TPSA) is 24.5 Å². The quantitative estimate of drug-likeness (QED) is 0.871. The van der Waals surface area contributed by atoms with Crippen molar-refractivity contribution in [2.24, 2.45) is 0 Å². The number of piperazine rings is 1. The van der Waals surface area contributed by atoms with Crippen LogP contribution < -0.4 is 15.0 Å². The van der Waals surface area contributed by atoms with Gasteiger partial charge in [0.05, 0.1) is 7.11 Å². The highest BCUT2D eigenvalue weighted by Crippen LogP contribution is 2.35. The lowest BCUT2D eigenvalue weighted by atomic mass is 9.88. The number of nitrogens with one attached hydrogen (secondary N) is 1. The number of rotatable bonds is 2. The summed E-state index contributed by atoms with van der Waals surface area (Å²) >= 11 is 0. The normalized spacial score (nSPS) is 21.7. The van der Waals surface area contributed by atoms with Crippen LogP contribution in [0.3, 0.4) is 0 Å². The predicted octanol–water partition coefficient (Wildman–Crippen LogP) is 2.66. The molecule has 1 aliphatic heterocycles. The molecule has 0 amide bonds. The summed E-state index contributed by atoms with van der Waals surface area (Å²) in [6.07, 6.45) is 0. The number of nitrogens with zero attached hydrogens (tertiary/aromatic N) is 1. The van der Waals surface area contributed by atoms with Crippen LogP contribution in [0.2, 0.25) is 0 Å². The average molecular weight is 248 g/mol. The maximum atomic E-state index is 5.34. The van der Waals surface area contributed by atoms with Crippen molar-refractivity contribution < 1.29 is 4.74 Å². The van der Waals surface area contributed by atoms with E-state index in [0.717, 1.165) is 18.8 Å². The Morgan fingerprint density at radius 3 is 2.28 bits per heavy atom. The van der Waals surface area contributed by atoms with Crippen molar-refractivity contribution in [3.63, 3.8) is 0 Å². The first-order valence-electron chi connectivity index (χ1n) is 6.52. The van der Waals surface area contributed by atoms with Crippen molar-refractivity contribution in [1.29, 1.82) is 0 Å². The second-order valence-corrected chi connectivity index (χ2v) is 6.27. The first-order valence-corrected chi connectivity index (χ1v) is 6.52. The molecule has 0 atom stereocenters. The monoisotopic (exact) mass is 248 g/mol. The zero-order valence-corrected chi connectivity index (χ0v) is 12.1. The van der Waals surface area contributed by atoms with E-state index >= 15 is 0 Å². The molecule has 1 saturated heterocycles. The van der Waals surface area contributed by atoms with Crippen molar-refractivity contribution >= 4 is 5.69 Å². The highest BCUT2D eigenvalue weighted by molar-refractivity contribution is 5.55. The van der Waals surface area contributed by atoms with Gasteiger partial charge in [-0.2, -0.15) is 0 Å². The molecule has 0 bridgehead atoms. The van der Waals surface area contributed by atoms with E-state index in [2.05, 4.69) is 56.1 Å². The van der Waals surface area contributed by atoms with E-state index < -0.39 is 0 Å². The molecule has 2 rings (SSSR count). The number of hydrogen-bond acceptors (Lipinski definition) is 3. The van der Waals surface area contributed by atoms with Gasteiger partial charge in [0.1, 0.15) is 5.75 Å². The first kappa shape index (κ1) is 13.2. The van der Waals surface area contributed by atoms with E-state index in [9.17, 15) is 0 Å². The number of methoxy groups -OCH3 is 1. The Balaban J connectivity index is 2.43. The van der Waals surface area contributed by atoms with Gasteiger partial charge in [-0.05, 0) is 39.8 Å². The zero-order valence-electron chi connectivity index (χ0n) is 12.1. The molecule has 0 spiro atoms. The van der Waals surface area contributed by atoms with E-state index in [1.807, 2.05) is 6.07 Å². The molecule has 18 heavy (non-hydrogen) atoms. The Morgan fingerprint density at radius 1 is 1.11 bits per heavy atom. The van der Waals surface area contributed by atoms with Gasteiger partial charge in [0.25, 0.3) is 0 Å². The first-order chi connectivity index (χ1) is 8.37. The average Bonchev–Trinajstić information content (AvgIpc) is 2.26.